The van der Waals surface area contributed by atoms with Crippen molar-refractivity contribution in [1.82, 2.24) is 9.88 Å². The van der Waals surface area contributed by atoms with Crippen LogP contribution in [-0.4, -0.2) is 52.5 Å². The van der Waals surface area contributed by atoms with Crippen LogP contribution in [0.5, 0.6) is 0 Å². The van der Waals surface area contributed by atoms with E-state index in [0.717, 1.165) is 26.2 Å². The topological polar surface area (TPSA) is 71.3 Å². The monoisotopic (exact) mass is 346 g/mol. The van der Waals surface area contributed by atoms with Gasteiger partial charge in [-0.05, 0) is 15.9 Å². The second kappa shape index (κ2) is 7.06. The predicted octanol–water partition coefficient (Wildman–Crippen LogP) is 2.21. The van der Waals surface area contributed by atoms with Gasteiger partial charge in [-0.2, -0.15) is 11.8 Å². The van der Waals surface area contributed by atoms with E-state index in [1.807, 2.05) is 11.8 Å². The van der Waals surface area contributed by atoms with E-state index >= 15 is 0 Å². The second-order valence-electron chi connectivity index (χ2n) is 4.16. The highest BCUT2D eigenvalue weighted by Gasteiger charge is 2.12. The van der Waals surface area contributed by atoms with Crippen molar-refractivity contribution in [3.63, 3.8) is 0 Å². The largest absolute Gasteiger partial charge is 0.368 e. The quantitative estimate of drug-likeness (QED) is 0.651. The molecule has 8 heteroatoms. The van der Waals surface area contributed by atoms with Crippen molar-refractivity contribution in [2.75, 3.05) is 43.0 Å². The van der Waals surface area contributed by atoms with E-state index in [2.05, 4.69) is 31.1 Å². The summed E-state index contributed by atoms with van der Waals surface area (Å²) in [6.45, 7) is 4.00. The minimum atomic E-state index is -0.451. The van der Waals surface area contributed by atoms with Crippen LogP contribution >= 0.6 is 27.7 Å². The number of aromatic nitrogens is 1. The number of nitrogens with zero attached hydrogens (tertiary/aromatic N) is 3. The first-order chi connectivity index (χ1) is 9.16. The standard InChI is InChI=1S/C11H15BrN4O2S/c12-10-7-9(16(17)18)8-14-11(10)13-1-2-15-3-5-19-6-4-15/h7-8H,1-6H2,(H,13,14). The number of hydrogen-bond acceptors (Lipinski definition) is 6. The Labute approximate surface area is 124 Å². The highest BCUT2D eigenvalue weighted by molar-refractivity contribution is 9.10. The Hall–Kier alpha value is -0.860. The Morgan fingerprint density at radius 3 is 2.89 bits per heavy atom. The Morgan fingerprint density at radius 1 is 1.53 bits per heavy atom. The SMILES string of the molecule is O=[N+]([O-])c1cnc(NCCN2CCSCC2)c(Br)c1. The normalized spacial score (nSPS) is 16.3. The molecule has 0 amide bonds. The van der Waals surface area contributed by atoms with Gasteiger partial charge in [-0.15, -0.1) is 0 Å². The third-order valence-electron chi connectivity index (χ3n) is 2.86. The van der Waals surface area contributed by atoms with Gasteiger partial charge in [0.2, 0.25) is 0 Å². The summed E-state index contributed by atoms with van der Waals surface area (Å²) in [6.07, 6.45) is 1.27. The molecule has 0 aliphatic carbocycles. The third-order valence-corrected chi connectivity index (χ3v) is 4.41. The maximum absolute atomic E-state index is 10.6. The van der Waals surface area contributed by atoms with Crippen LogP contribution in [0.2, 0.25) is 0 Å². The zero-order chi connectivity index (χ0) is 13.7. The van der Waals surface area contributed by atoms with E-state index in [0.29, 0.717) is 10.3 Å². The smallest absolute Gasteiger partial charge is 0.288 e. The first-order valence-electron chi connectivity index (χ1n) is 6.01. The number of thioether (sulfide) groups is 1. The van der Waals surface area contributed by atoms with E-state index in [-0.39, 0.29) is 5.69 Å². The number of anilines is 1. The molecule has 0 unspecified atom stereocenters. The molecular weight excluding hydrogens is 332 g/mol. The van der Waals surface area contributed by atoms with Gasteiger partial charge in [-0.25, -0.2) is 4.98 Å². The van der Waals surface area contributed by atoms with E-state index in [1.54, 1.807) is 0 Å². The van der Waals surface area contributed by atoms with Crippen molar-refractivity contribution in [2.24, 2.45) is 0 Å². The average Bonchev–Trinajstić information content (AvgIpc) is 2.41. The van der Waals surface area contributed by atoms with E-state index in [1.165, 1.54) is 23.8 Å². The fraction of sp³-hybridized carbons (Fsp3) is 0.545. The molecule has 0 aromatic carbocycles. The van der Waals surface area contributed by atoms with E-state index in [9.17, 15) is 10.1 Å². The maximum Gasteiger partial charge on any atom is 0.288 e. The molecule has 6 nitrogen and oxygen atoms in total. The predicted molar refractivity (Wildman–Crippen MR) is 80.8 cm³/mol. The number of nitrogens with one attached hydrogen (secondary N) is 1. The van der Waals surface area contributed by atoms with Crippen LogP contribution in [-0.2, 0) is 0 Å². The lowest BCUT2D eigenvalue weighted by molar-refractivity contribution is -0.385. The molecule has 1 aromatic heterocycles. The zero-order valence-corrected chi connectivity index (χ0v) is 12.7. The fourth-order valence-corrected chi connectivity index (χ4v) is 3.27. The zero-order valence-electron chi connectivity index (χ0n) is 10.3. The van der Waals surface area contributed by atoms with Gasteiger partial charge < -0.3 is 5.32 Å². The van der Waals surface area contributed by atoms with Gasteiger partial charge in [0.1, 0.15) is 12.0 Å². The molecule has 2 heterocycles. The molecule has 2 rings (SSSR count). The first-order valence-corrected chi connectivity index (χ1v) is 7.95. The van der Waals surface area contributed by atoms with Crippen molar-refractivity contribution >= 4 is 39.2 Å². The van der Waals surface area contributed by atoms with Crippen LogP contribution in [0.15, 0.2) is 16.7 Å². The van der Waals surface area contributed by atoms with Crippen molar-refractivity contribution < 1.29 is 4.92 Å². The Bertz CT molecular complexity index is 454. The van der Waals surface area contributed by atoms with E-state index < -0.39 is 4.92 Å². The van der Waals surface area contributed by atoms with Gasteiger partial charge in [0, 0.05) is 43.8 Å². The lowest BCUT2D eigenvalue weighted by Gasteiger charge is -2.26. The number of pyridine rings is 1. The van der Waals surface area contributed by atoms with Crippen molar-refractivity contribution in [2.45, 2.75) is 0 Å². The molecule has 0 saturated carbocycles. The van der Waals surface area contributed by atoms with E-state index in [4.69, 9.17) is 0 Å². The summed E-state index contributed by atoms with van der Waals surface area (Å²) in [5.74, 6) is 3.04. The summed E-state index contributed by atoms with van der Waals surface area (Å²) >= 11 is 5.28. The summed E-state index contributed by atoms with van der Waals surface area (Å²) in [5, 5.41) is 13.8. The van der Waals surface area contributed by atoms with Crippen LogP contribution in [0.25, 0.3) is 0 Å². The van der Waals surface area contributed by atoms with Crippen LogP contribution in [0.4, 0.5) is 11.5 Å². The lowest BCUT2D eigenvalue weighted by Crippen LogP contribution is -2.36. The summed E-state index contributed by atoms with van der Waals surface area (Å²) in [6, 6.07) is 1.47. The van der Waals surface area contributed by atoms with Crippen LogP contribution in [0.3, 0.4) is 0 Å². The molecular formula is C11H15BrN4O2S. The van der Waals surface area contributed by atoms with Crippen molar-refractivity contribution in [1.29, 1.82) is 0 Å². The average molecular weight is 347 g/mol. The van der Waals surface area contributed by atoms with Crippen LogP contribution in [0, 0.1) is 10.1 Å². The number of halogens is 1. The van der Waals surface area contributed by atoms with Crippen molar-refractivity contribution in [3.05, 3.63) is 26.9 Å². The lowest BCUT2D eigenvalue weighted by atomic mass is 10.4. The molecule has 1 aromatic rings. The molecule has 0 bridgehead atoms. The highest BCUT2D eigenvalue weighted by Crippen LogP contribution is 2.24. The maximum atomic E-state index is 10.6. The van der Waals surface area contributed by atoms with Gasteiger partial charge in [-0.1, -0.05) is 0 Å². The molecule has 0 radical (unpaired) electrons. The molecule has 1 saturated heterocycles. The first kappa shape index (κ1) is 14.5. The summed E-state index contributed by atoms with van der Waals surface area (Å²) in [7, 11) is 0. The third kappa shape index (κ3) is 4.32. The Balaban J connectivity index is 1.83. The molecule has 0 spiro atoms. The Morgan fingerprint density at radius 2 is 2.26 bits per heavy atom. The van der Waals surface area contributed by atoms with Crippen LogP contribution < -0.4 is 5.32 Å². The minimum absolute atomic E-state index is 0.00881. The molecule has 104 valence electrons. The number of rotatable bonds is 5. The summed E-state index contributed by atoms with van der Waals surface area (Å²) < 4.78 is 0.621. The second-order valence-corrected chi connectivity index (χ2v) is 6.24. The molecule has 1 N–H and O–H groups in total. The minimum Gasteiger partial charge on any atom is -0.368 e. The van der Waals surface area contributed by atoms with Gasteiger partial charge in [0.05, 0.1) is 9.40 Å². The number of nitro groups is 1. The van der Waals surface area contributed by atoms with Crippen molar-refractivity contribution in [3.8, 4) is 0 Å². The fourth-order valence-electron chi connectivity index (χ4n) is 1.81. The molecule has 1 aliphatic rings. The molecule has 0 atom stereocenters. The van der Waals surface area contributed by atoms with Gasteiger partial charge in [0.15, 0.2) is 0 Å². The van der Waals surface area contributed by atoms with Gasteiger partial charge in [0.25, 0.3) is 5.69 Å². The van der Waals surface area contributed by atoms with Gasteiger partial charge >= 0.3 is 0 Å². The summed E-state index contributed by atoms with van der Waals surface area (Å²) in [5.41, 5.74) is -0.00881. The molecule has 1 fully saturated rings. The summed E-state index contributed by atoms with van der Waals surface area (Å²) in [4.78, 5) is 16.6. The highest BCUT2D eigenvalue weighted by atomic mass is 79.9. The molecule has 19 heavy (non-hydrogen) atoms. The number of hydrogen-bond donors (Lipinski definition) is 1. The Kier molecular flexibility index (Phi) is 5.41. The molecule has 1 aliphatic heterocycles. The van der Waals surface area contributed by atoms with Gasteiger partial charge in [-0.3, -0.25) is 15.0 Å². The van der Waals surface area contributed by atoms with Crippen LogP contribution in [0.1, 0.15) is 0 Å².